The van der Waals surface area contributed by atoms with Crippen LogP contribution in [0.3, 0.4) is 0 Å². The van der Waals surface area contributed by atoms with Crippen molar-refractivity contribution in [3.63, 3.8) is 0 Å². The molecule has 15 heteroatoms. The molecular weight excluding hydrogens is 542 g/mol. The highest BCUT2D eigenvalue weighted by Crippen LogP contribution is 2.27. The number of halogens is 6. The largest absolute Gasteiger partial charge is 0.522 e. The van der Waals surface area contributed by atoms with E-state index in [0.717, 1.165) is 0 Å². The first-order valence-electron chi connectivity index (χ1n) is 9.24. The van der Waals surface area contributed by atoms with Crippen LogP contribution in [0.25, 0.3) is 0 Å². The maximum Gasteiger partial charge on any atom is 0.522 e. The minimum absolute atomic E-state index is 0.398. The number of benzene rings is 3. The van der Waals surface area contributed by atoms with Gasteiger partial charge in [-0.05, 0) is 15.6 Å². The van der Waals surface area contributed by atoms with Crippen molar-refractivity contribution in [1.82, 2.24) is 0 Å². The maximum atomic E-state index is 13.2. The summed E-state index contributed by atoms with van der Waals surface area (Å²) in [6.07, 6.45) is 0. The van der Waals surface area contributed by atoms with Gasteiger partial charge in [0.15, 0.2) is 0 Å². The lowest BCUT2D eigenvalue weighted by atomic mass is 10.3. The van der Waals surface area contributed by atoms with Gasteiger partial charge in [0.05, 0.1) is 0 Å². The molecular formula is C20H16F6O6S2Si. The van der Waals surface area contributed by atoms with Gasteiger partial charge in [0.25, 0.3) is 0 Å². The Morgan fingerprint density at radius 2 is 0.829 bits per heavy atom. The summed E-state index contributed by atoms with van der Waals surface area (Å²) in [5.74, 6) is 0. The van der Waals surface area contributed by atoms with Gasteiger partial charge in [-0.3, -0.25) is 8.42 Å². The third-order valence-corrected chi connectivity index (χ3v) is 10.8. The second-order valence-electron chi connectivity index (χ2n) is 6.68. The summed E-state index contributed by atoms with van der Waals surface area (Å²) < 4.78 is 126. The lowest BCUT2D eigenvalue weighted by Gasteiger charge is -2.32. The molecule has 6 nitrogen and oxygen atoms in total. The van der Waals surface area contributed by atoms with Gasteiger partial charge in [-0.1, -0.05) is 91.0 Å². The number of hydrogen-bond acceptors (Lipinski definition) is 5. The van der Waals surface area contributed by atoms with Crippen molar-refractivity contribution in [2.24, 2.45) is 0 Å². The van der Waals surface area contributed by atoms with Crippen LogP contribution in [0.15, 0.2) is 91.0 Å². The fourth-order valence-corrected chi connectivity index (χ4v) is 8.71. The highest BCUT2D eigenvalue weighted by molar-refractivity contribution is 7.89. The van der Waals surface area contributed by atoms with E-state index in [1.807, 2.05) is 0 Å². The summed E-state index contributed by atoms with van der Waals surface area (Å²) in [6.45, 7) is 0. The Morgan fingerprint density at radius 3 is 1.03 bits per heavy atom. The second-order valence-corrected chi connectivity index (χ2v) is 13.2. The molecule has 0 unspecified atom stereocenters. The van der Waals surface area contributed by atoms with Gasteiger partial charge in [0, 0.05) is 0 Å². The minimum atomic E-state index is -5.84. The van der Waals surface area contributed by atoms with Crippen molar-refractivity contribution >= 4 is 44.1 Å². The van der Waals surface area contributed by atoms with Crippen molar-refractivity contribution in [3.05, 3.63) is 91.0 Å². The number of rotatable bonds is 5. The molecule has 0 saturated heterocycles. The van der Waals surface area contributed by atoms with Crippen molar-refractivity contribution in [2.45, 2.75) is 11.0 Å². The van der Waals surface area contributed by atoms with E-state index < -0.39 is 39.6 Å². The van der Waals surface area contributed by atoms with E-state index in [1.54, 1.807) is 91.0 Å². The lowest BCUT2D eigenvalue weighted by molar-refractivity contribution is -0.0512. The Kier molecular flexibility index (Phi) is 8.55. The Balaban J connectivity index is 0.000000466. The fraction of sp³-hybridized carbons (Fsp3) is 0.100. The predicted octanol–water partition coefficient (Wildman–Crippen LogP) is 2.91. The molecule has 0 radical (unpaired) electrons. The summed E-state index contributed by atoms with van der Waals surface area (Å²) in [7, 11) is -15.7. The van der Waals surface area contributed by atoms with Crippen LogP contribution in [-0.2, 0) is 24.1 Å². The van der Waals surface area contributed by atoms with Gasteiger partial charge in [-0.2, -0.15) is 43.2 Å². The standard InChI is InChI=1S/C19H15F3O3SSi.CHF3O3S/c20-19(21,22)26(23,24)25-27(16-10-4-1-5-11-16,17-12-6-2-7-13-17)18-14-8-3-9-15-18;2-1(3,4)8(5,6)7/h1-15H;(H,5,6,7). The molecule has 0 heterocycles. The molecule has 35 heavy (non-hydrogen) atoms. The van der Waals surface area contributed by atoms with Gasteiger partial charge in [0.2, 0.25) is 0 Å². The molecule has 0 aromatic heterocycles. The fourth-order valence-electron chi connectivity index (χ4n) is 2.87. The number of hydrogen-bond donors (Lipinski definition) is 1. The Hall–Kier alpha value is -2.72. The van der Waals surface area contributed by atoms with E-state index in [0.29, 0.717) is 15.6 Å². The summed E-state index contributed by atoms with van der Waals surface area (Å²) in [5.41, 5.74) is -11.1. The molecule has 0 aliphatic carbocycles. The molecule has 0 fully saturated rings. The van der Waals surface area contributed by atoms with Gasteiger partial charge in [0.1, 0.15) is 0 Å². The van der Waals surface area contributed by atoms with Crippen LogP contribution in [-0.4, -0.2) is 40.7 Å². The zero-order chi connectivity index (χ0) is 26.5. The average Bonchev–Trinajstić information content (AvgIpc) is 2.77. The van der Waals surface area contributed by atoms with Crippen LogP contribution in [0.4, 0.5) is 26.3 Å². The van der Waals surface area contributed by atoms with Crippen molar-refractivity contribution in [1.29, 1.82) is 0 Å². The lowest BCUT2D eigenvalue weighted by Crippen LogP contribution is -2.70. The van der Waals surface area contributed by atoms with Crippen molar-refractivity contribution in [2.75, 3.05) is 0 Å². The number of alkyl halides is 6. The van der Waals surface area contributed by atoms with Crippen molar-refractivity contribution < 1.29 is 51.6 Å². The summed E-state index contributed by atoms with van der Waals surface area (Å²) >= 11 is 0. The van der Waals surface area contributed by atoms with Crippen LogP contribution in [0.1, 0.15) is 0 Å². The third kappa shape index (κ3) is 6.70. The molecule has 0 spiro atoms. The first-order valence-corrected chi connectivity index (χ1v) is 14.0. The van der Waals surface area contributed by atoms with Crippen LogP contribution in [0, 0.1) is 0 Å². The van der Waals surface area contributed by atoms with Gasteiger partial charge in [-0.15, -0.1) is 0 Å². The van der Waals surface area contributed by atoms with Gasteiger partial charge in [-0.25, -0.2) is 0 Å². The first kappa shape index (κ1) is 28.5. The SMILES string of the molecule is O=S(=O)(O)C(F)(F)F.O=S(=O)(O[Si](c1ccccc1)(c1ccccc1)c1ccccc1)C(F)(F)F. The summed E-state index contributed by atoms with van der Waals surface area (Å²) in [5, 5.41) is 1.20. The Bertz CT molecular complexity index is 1220. The summed E-state index contributed by atoms with van der Waals surface area (Å²) in [6, 6.07) is 24.6. The van der Waals surface area contributed by atoms with E-state index >= 15 is 0 Å². The molecule has 0 aliphatic heterocycles. The smallest absolute Gasteiger partial charge is 0.291 e. The molecule has 3 aromatic carbocycles. The Morgan fingerprint density at radius 1 is 0.571 bits per heavy atom. The first-order chi connectivity index (χ1) is 16.0. The molecule has 1 N–H and O–H groups in total. The third-order valence-electron chi connectivity index (χ3n) is 4.35. The zero-order valence-electron chi connectivity index (χ0n) is 17.2. The minimum Gasteiger partial charge on any atom is -0.291 e. The molecule has 190 valence electrons. The predicted molar refractivity (Wildman–Crippen MR) is 118 cm³/mol. The molecule has 3 rings (SSSR count). The van der Waals surface area contributed by atoms with E-state index in [4.69, 9.17) is 16.8 Å². The van der Waals surface area contributed by atoms with E-state index in [-0.39, 0.29) is 0 Å². The zero-order valence-corrected chi connectivity index (χ0v) is 19.9. The molecule has 0 atom stereocenters. The molecule has 0 saturated carbocycles. The van der Waals surface area contributed by atoms with E-state index in [1.165, 1.54) is 0 Å². The molecule has 0 amide bonds. The highest BCUT2D eigenvalue weighted by Gasteiger charge is 2.55. The average molecular weight is 559 g/mol. The van der Waals surface area contributed by atoms with Crippen LogP contribution >= 0.6 is 0 Å². The van der Waals surface area contributed by atoms with E-state index in [9.17, 15) is 34.8 Å². The van der Waals surface area contributed by atoms with Crippen LogP contribution in [0.2, 0.25) is 0 Å². The monoisotopic (exact) mass is 558 g/mol. The van der Waals surface area contributed by atoms with Crippen LogP contribution < -0.4 is 15.6 Å². The maximum absolute atomic E-state index is 13.2. The van der Waals surface area contributed by atoms with Crippen molar-refractivity contribution in [3.8, 4) is 0 Å². The highest BCUT2D eigenvalue weighted by atomic mass is 32.2. The molecule has 0 bridgehead atoms. The molecule has 0 aliphatic rings. The van der Waals surface area contributed by atoms with Crippen LogP contribution in [0.5, 0.6) is 0 Å². The molecule has 3 aromatic rings. The normalized spacial score (nSPS) is 13.0. The second kappa shape index (κ2) is 10.5. The quantitative estimate of drug-likeness (QED) is 0.170. The topological polar surface area (TPSA) is 97.7 Å². The summed E-state index contributed by atoms with van der Waals surface area (Å²) in [4.78, 5) is 0. The van der Waals surface area contributed by atoms with Gasteiger partial charge >= 0.3 is 39.6 Å². The van der Waals surface area contributed by atoms with Gasteiger partial charge < -0.3 is 0 Å². The Labute approximate surface area is 197 Å². The van der Waals surface area contributed by atoms with E-state index in [2.05, 4.69) is 0 Å².